The van der Waals surface area contributed by atoms with Gasteiger partial charge in [0.25, 0.3) is 0 Å². The van der Waals surface area contributed by atoms with Crippen LogP contribution in [0.4, 0.5) is 0 Å². The second kappa shape index (κ2) is 18.6. The van der Waals surface area contributed by atoms with E-state index in [1.165, 1.54) is 0 Å². The second-order valence-corrected chi connectivity index (χ2v) is 17.2. The zero-order chi connectivity index (χ0) is 40.6. The molecule has 0 saturated carbocycles. The molecule has 2 heterocycles. The first-order valence-electron chi connectivity index (χ1n) is 19.1. The molecule has 0 bridgehead atoms. The number of amides is 1. The summed E-state index contributed by atoms with van der Waals surface area (Å²) in [7, 11) is -2.07. The Balaban J connectivity index is 1.08. The Morgan fingerprint density at radius 1 is 0.862 bits per heavy atom. The van der Waals surface area contributed by atoms with E-state index in [1.54, 1.807) is 42.4 Å². The number of thioether (sulfide) groups is 1. The molecule has 5 atom stereocenters. The first-order chi connectivity index (χ1) is 28.1. The lowest BCUT2D eigenvalue weighted by molar-refractivity contribution is -0.268. The van der Waals surface area contributed by atoms with Gasteiger partial charge in [0.05, 0.1) is 23.7 Å². The van der Waals surface area contributed by atoms with E-state index < -0.39 is 28.3 Å². The Hall–Kier alpha value is -5.15. The van der Waals surface area contributed by atoms with E-state index in [2.05, 4.69) is 27.2 Å². The minimum Gasteiger partial charge on any atom is -0.392 e. The number of aromatic nitrogens is 3. The van der Waals surface area contributed by atoms with Crippen LogP contribution in [0.15, 0.2) is 144 Å². The van der Waals surface area contributed by atoms with Gasteiger partial charge in [-0.1, -0.05) is 140 Å². The van der Waals surface area contributed by atoms with Crippen molar-refractivity contribution < 1.29 is 27.8 Å². The van der Waals surface area contributed by atoms with Crippen LogP contribution in [-0.4, -0.2) is 52.1 Å². The number of aliphatic hydroxyl groups is 1. The lowest BCUT2D eigenvalue weighted by Crippen LogP contribution is -2.47. The van der Waals surface area contributed by atoms with Crippen molar-refractivity contribution in [2.75, 3.05) is 5.75 Å². The van der Waals surface area contributed by atoms with Crippen LogP contribution in [0.2, 0.25) is 0 Å². The maximum atomic E-state index is 13.8. The predicted octanol–water partition coefficient (Wildman–Crippen LogP) is 7.07. The van der Waals surface area contributed by atoms with Crippen LogP contribution in [-0.2, 0) is 50.9 Å². The highest BCUT2D eigenvalue weighted by Gasteiger charge is 2.38. The van der Waals surface area contributed by atoms with Crippen LogP contribution >= 0.6 is 11.8 Å². The molecule has 1 aliphatic heterocycles. The van der Waals surface area contributed by atoms with E-state index >= 15 is 0 Å². The van der Waals surface area contributed by atoms with E-state index in [9.17, 15) is 18.3 Å². The molecule has 1 aliphatic rings. The Morgan fingerprint density at radius 2 is 1.55 bits per heavy atom. The first-order valence-corrected chi connectivity index (χ1v) is 21.6. The van der Waals surface area contributed by atoms with Gasteiger partial charge in [-0.2, -0.15) is 4.72 Å². The van der Waals surface area contributed by atoms with Gasteiger partial charge in [-0.3, -0.25) is 4.79 Å². The fourth-order valence-corrected chi connectivity index (χ4v) is 9.21. The average Bonchev–Trinajstić information content (AvgIpc) is 3.67. The molecule has 1 saturated heterocycles. The van der Waals surface area contributed by atoms with Crippen molar-refractivity contribution in [2.45, 2.75) is 68.0 Å². The van der Waals surface area contributed by atoms with Gasteiger partial charge in [0, 0.05) is 30.8 Å². The number of sulfonamides is 1. The third-order valence-corrected chi connectivity index (χ3v) is 13.0. The Bertz CT molecular complexity index is 2390. The van der Waals surface area contributed by atoms with Crippen LogP contribution in [0.25, 0.3) is 11.1 Å². The minimum absolute atomic E-state index is 0.0171. The zero-order valence-corrected chi connectivity index (χ0v) is 34.2. The highest BCUT2D eigenvalue weighted by atomic mass is 32.2. The molecular weight excluding hydrogens is 771 g/mol. The maximum Gasteiger partial charge on any atom is 0.241 e. The molecule has 11 nitrogen and oxygen atoms in total. The van der Waals surface area contributed by atoms with Crippen LogP contribution in [0.5, 0.6) is 0 Å². The quantitative estimate of drug-likeness (QED) is 0.0928. The highest BCUT2D eigenvalue weighted by molar-refractivity contribution is 7.99. The number of nitrogens with zero attached hydrogens (tertiary/aromatic N) is 3. The lowest BCUT2D eigenvalue weighted by atomic mass is 9.91. The fraction of sp³-hybridized carbons (Fsp3) is 0.267. The largest absolute Gasteiger partial charge is 0.392 e. The van der Waals surface area contributed by atoms with E-state index in [-0.39, 0.29) is 42.6 Å². The van der Waals surface area contributed by atoms with Gasteiger partial charge in [-0.05, 0) is 58.9 Å². The van der Waals surface area contributed by atoms with Crippen molar-refractivity contribution in [2.24, 2.45) is 13.0 Å². The Morgan fingerprint density at radius 3 is 2.24 bits per heavy atom. The number of carbonyl (C=O) groups excluding carboxylic acids is 1. The number of hydrogen-bond donors (Lipinski definition) is 3. The van der Waals surface area contributed by atoms with Gasteiger partial charge < -0.3 is 24.5 Å². The van der Waals surface area contributed by atoms with E-state index in [4.69, 9.17) is 9.47 Å². The van der Waals surface area contributed by atoms with Gasteiger partial charge in [-0.25, -0.2) is 8.42 Å². The van der Waals surface area contributed by atoms with Crippen molar-refractivity contribution >= 4 is 27.7 Å². The van der Waals surface area contributed by atoms with E-state index in [0.717, 1.165) is 49.7 Å². The van der Waals surface area contributed by atoms with Gasteiger partial charge >= 0.3 is 0 Å². The monoisotopic (exact) mass is 817 g/mol. The second-order valence-electron chi connectivity index (χ2n) is 14.5. The van der Waals surface area contributed by atoms with Gasteiger partial charge in [0.15, 0.2) is 11.4 Å². The number of rotatable bonds is 15. The summed E-state index contributed by atoms with van der Waals surface area (Å²) in [6.07, 6.45) is 0.794. The minimum atomic E-state index is -3.98. The third kappa shape index (κ3) is 9.92. The third-order valence-electron chi connectivity index (χ3n) is 10.4. The van der Waals surface area contributed by atoms with E-state index in [0.29, 0.717) is 5.75 Å². The number of ether oxygens (including phenoxy) is 2. The van der Waals surface area contributed by atoms with E-state index in [1.807, 2.05) is 122 Å². The molecule has 1 aromatic heterocycles. The summed E-state index contributed by atoms with van der Waals surface area (Å²) in [5.74, 6) is 0.233. The standard InChI is InChI=1S/C45H47N5O6S2/c1-30-13-23-38(24-14-30)58(53,54)49-40(25-32-9-5-4-6-10-32)43(52)46-26-37-11-7-8-12-39(37)34-19-21-36(22-20-34)44-55-41(28-57-45-48-47-29-50(45)3)31(2)42(56-44)35-17-15-33(27-51)16-18-35/h4-24,29,31,40-42,44,49,51H,25-28H2,1-3H3,(H,46,52). The van der Waals surface area contributed by atoms with Gasteiger partial charge in [0.1, 0.15) is 12.4 Å². The molecule has 13 heteroatoms. The van der Waals surface area contributed by atoms with Gasteiger partial charge in [-0.15, -0.1) is 10.2 Å². The molecule has 1 amide bonds. The normalized spacial score (nSPS) is 18.8. The summed E-state index contributed by atoms with van der Waals surface area (Å²) < 4.78 is 44.7. The molecular formula is C45H47N5O6S2. The lowest BCUT2D eigenvalue weighted by Gasteiger charge is -2.41. The smallest absolute Gasteiger partial charge is 0.241 e. The summed E-state index contributed by atoms with van der Waals surface area (Å²) in [6, 6.07) is 38.5. The molecule has 5 unspecified atom stereocenters. The van der Waals surface area contributed by atoms with Gasteiger partial charge in [0.2, 0.25) is 15.9 Å². The summed E-state index contributed by atoms with van der Waals surface area (Å²) >= 11 is 1.59. The van der Waals surface area contributed by atoms with Crippen molar-refractivity contribution in [3.63, 3.8) is 0 Å². The van der Waals surface area contributed by atoms with Crippen LogP contribution < -0.4 is 10.0 Å². The molecule has 5 aromatic carbocycles. The maximum absolute atomic E-state index is 13.8. The molecule has 7 rings (SSSR count). The van der Waals surface area contributed by atoms with Crippen LogP contribution in [0.3, 0.4) is 0 Å². The number of aliphatic hydroxyl groups excluding tert-OH is 1. The molecule has 58 heavy (non-hydrogen) atoms. The van der Waals surface area contributed by atoms with Crippen LogP contribution in [0.1, 0.15) is 52.7 Å². The molecule has 0 aliphatic carbocycles. The summed E-state index contributed by atoms with van der Waals surface area (Å²) in [5.41, 5.74) is 7.19. The first kappa shape index (κ1) is 41.0. The number of nitrogens with one attached hydrogen (secondary N) is 2. The molecule has 3 N–H and O–H groups in total. The molecule has 300 valence electrons. The number of aryl methyl sites for hydroxylation is 2. The summed E-state index contributed by atoms with van der Waals surface area (Å²) in [5, 5.41) is 21.7. The number of hydrogen-bond acceptors (Lipinski definition) is 9. The molecule has 0 radical (unpaired) electrons. The SMILES string of the molecule is Cc1ccc(S(=O)(=O)NC(Cc2ccccc2)C(=O)NCc2ccccc2-c2ccc(C3OC(CSc4nncn4C)C(C)C(c4ccc(CO)cc4)O3)cc2)cc1. The topological polar surface area (TPSA) is 145 Å². The number of carbonyl (C=O) groups is 1. The molecule has 1 fully saturated rings. The Labute approximate surface area is 343 Å². The summed E-state index contributed by atoms with van der Waals surface area (Å²) in [4.78, 5) is 13.9. The van der Waals surface area contributed by atoms with Crippen LogP contribution in [0, 0.1) is 12.8 Å². The molecule has 6 aromatic rings. The van der Waals surface area contributed by atoms with Crippen molar-refractivity contribution in [3.8, 4) is 11.1 Å². The van der Waals surface area contributed by atoms with Crippen molar-refractivity contribution in [1.82, 2.24) is 24.8 Å². The van der Waals surface area contributed by atoms with Crippen molar-refractivity contribution in [1.29, 1.82) is 0 Å². The average molecular weight is 818 g/mol. The summed E-state index contributed by atoms with van der Waals surface area (Å²) in [6.45, 7) is 4.17. The fourth-order valence-electron chi connectivity index (χ4n) is 6.96. The highest BCUT2D eigenvalue weighted by Crippen LogP contribution is 2.43. The Kier molecular flexibility index (Phi) is 13.2. The van der Waals surface area contributed by atoms with Crippen molar-refractivity contribution in [3.05, 3.63) is 167 Å². The predicted molar refractivity (Wildman–Crippen MR) is 224 cm³/mol. The number of benzene rings is 5. The zero-order valence-electron chi connectivity index (χ0n) is 32.6. The molecule has 0 spiro atoms.